The summed E-state index contributed by atoms with van der Waals surface area (Å²) >= 11 is 2.86. The van der Waals surface area contributed by atoms with Crippen molar-refractivity contribution < 1.29 is 9.59 Å². The lowest BCUT2D eigenvalue weighted by atomic mass is 10.2. The normalized spacial score (nSPS) is 10.3. The standard InChI is InChI=1S/C20H18N2O2S2/c1-14-4-6-15(7-5-14)21-19(23)13-26-17-10-8-16(9-11-17)22-20(24)18-3-2-12-25-18/h2-12H,13H2,1H3,(H,21,23)(H,22,24). The van der Waals surface area contributed by atoms with E-state index >= 15 is 0 Å². The summed E-state index contributed by atoms with van der Waals surface area (Å²) in [4.78, 5) is 25.7. The highest BCUT2D eigenvalue weighted by Crippen LogP contribution is 2.21. The highest BCUT2D eigenvalue weighted by molar-refractivity contribution is 8.00. The molecule has 3 aromatic rings. The van der Waals surface area contributed by atoms with Gasteiger partial charge in [0.2, 0.25) is 5.91 Å². The van der Waals surface area contributed by atoms with Gasteiger partial charge in [0.05, 0.1) is 10.6 Å². The molecule has 132 valence electrons. The molecule has 0 aliphatic rings. The van der Waals surface area contributed by atoms with E-state index in [1.54, 1.807) is 6.07 Å². The van der Waals surface area contributed by atoms with Gasteiger partial charge in [0.1, 0.15) is 0 Å². The summed E-state index contributed by atoms with van der Waals surface area (Å²) in [7, 11) is 0. The molecule has 3 rings (SSSR count). The molecule has 2 N–H and O–H groups in total. The number of amides is 2. The number of carbonyl (C=O) groups is 2. The fourth-order valence-corrected chi connectivity index (χ4v) is 3.54. The molecule has 0 saturated carbocycles. The highest BCUT2D eigenvalue weighted by atomic mass is 32.2. The summed E-state index contributed by atoms with van der Waals surface area (Å²) in [5.74, 6) is 0.168. The van der Waals surface area contributed by atoms with Crippen LogP contribution in [-0.2, 0) is 4.79 Å². The maximum atomic E-state index is 12.0. The van der Waals surface area contributed by atoms with Gasteiger partial charge in [-0.3, -0.25) is 9.59 Å². The molecule has 6 heteroatoms. The Balaban J connectivity index is 1.48. The molecule has 0 saturated heterocycles. The molecule has 0 aliphatic carbocycles. The topological polar surface area (TPSA) is 58.2 Å². The number of anilines is 2. The smallest absolute Gasteiger partial charge is 0.265 e. The molecule has 0 fully saturated rings. The molecule has 0 aliphatic heterocycles. The molecular weight excluding hydrogens is 364 g/mol. The van der Waals surface area contributed by atoms with Crippen LogP contribution in [0.5, 0.6) is 0 Å². The van der Waals surface area contributed by atoms with Gasteiger partial charge >= 0.3 is 0 Å². The van der Waals surface area contributed by atoms with Crippen molar-refractivity contribution in [2.75, 3.05) is 16.4 Å². The molecule has 2 aromatic carbocycles. The molecule has 0 spiro atoms. The summed E-state index contributed by atoms with van der Waals surface area (Å²) in [6, 6.07) is 18.8. The Morgan fingerprint density at radius 1 is 0.923 bits per heavy atom. The van der Waals surface area contributed by atoms with Gasteiger partial charge in [-0.1, -0.05) is 23.8 Å². The zero-order valence-corrected chi connectivity index (χ0v) is 15.8. The lowest BCUT2D eigenvalue weighted by molar-refractivity contribution is -0.113. The van der Waals surface area contributed by atoms with Crippen molar-refractivity contribution in [1.82, 2.24) is 0 Å². The molecule has 0 bridgehead atoms. The molecule has 4 nitrogen and oxygen atoms in total. The first-order chi connectivity index (χ1) is 12.6. The third-order valence-corrected chi connectivity index (χ3v) is 5.44. The van der Waals surface area contributed by atoms with Crippen LogP contribution in [-0.4, -0.2) is 17.6 Å². The van der Waals surface area contributed by atoms with Gasteiger partial charge in [-0.2, -0.15) is 0 Å². The van der Waals surface area contributed by atoms with Crippen molar-refractivity contribution in [2.24, 2.45) is 0 Å². The number of nitrogens with one attached hydrogen (secondary N) is 2. The molecule has 0 atom stereocenters. The first-order valence-electron chi connectivity index (χ1n) is 8.04. The van der Waals surface area contributed by atoms with Crippen LogP contribution in [0.1, 0.15) is 15.2 Å². The fraction of sp³-hybridized carbons (Fsp3) is 0.100. The number of thiophene rings is 1. The van der Waals surface area contributed by atoms with Crippen LogP contribution in [0.3, 0.4) is 0 Å². The van der Waals surface area contributed by atoms with Crippen LogP contribution >= 0.6 is 23.1 Å². The van der Waals surface area contributed by atoms with Crippen molar-refractivity contribution in [1.29, 1.82) is 0 Å². The van der Waals surface area contributed by atoms with E-state index in [1.807, 2.05) is 66.9 Å². The van der Waals surface area contributed by atoms with Crippen molar-refractivity contribution in [3.05, 3.63) is 76.5 Å². The summed E-state index contributed by atoms with van der Waals surface area (Å²) in [6.45, 7) is 2.01. The first-order valence-corrected chi connectivity index (χ1v) is 9.91. The van der Waals surface area contributed by atoms with Gasteiger partial charge in [0, 0.05) is 16.3 Å². The van der Waals surface area contributed by atoms with Crippen LogP contribution in [0, 0.1) is 6.92 Å². The van der Waals surface area contributed by atoms with E-state index in [0.717, 1.165) is 21.8 Å². The molecule has 26 heavy (non-hydrogen) atoms. The fourth-order valence-electron chi connectivity index (χ4n) is 2.22. The largest absolute Gasteiger partial charge is 0.325 e. The van der Waals surface area contributed by atoms with E-state index < -0.39 is 0 Å². The maximum Gasteiger partial charge on any atom is 0.265 e. The zero-order valence-electron chi connectivity index (χ0n) is 14.2. The van der Waals surface area contributed by atoms with E-state index in [1.165, 1.54) is 23.1 Å². The predicted octanol–water partition coefficient (Wildman–Crippen LogP) is 5.04. The minimum absolute atomic E-state index is 0.0473. The minimum atomic E-state index is -0.113. The average Bonchev–Trinajstić information content (AvgIpc) is 3.18. The van der Waals surface area contributed by atoms with Gasteiger partial charge in [-0.15, -0.1) is 23.1 Å². The number of benzene rings is 2. The third-order valence-electron chi connectivity index (χ3n) is 3.56. The summed E-state index contributed by atoms with van der Waals surface area (Å²) < 4.78 is 0. The highest BCUT2D eigenvalue weighted by Gasteiger charge is 2.07. The summed E-state index contributed by atoms with van der Waals surface area (Å²) in [6.07, 6.45) is 0. The number of aryl methyl sites for hydroxylation is 1. The van der Waals surface area contributed by atoms with E-state index in [9.17, 15) is 9.59 Å². The van der Waals surface area contributed by atoms with Crippen molar-refractivity contribution in [3.63, 3.8) is 0 Å². The number of hydrogen-bond donors (Lipinski definition) is 2. The second kappa shape index (κ2) is 8.69. The SMILES string of the molecule is Cc1ccc(NC(=O)CSc2ccc(NC(=O)c3cccs3)cc2)cc1. The van der Waals surface area contributed by atoms with Crippen molar-refractivity contribution in [2.45, 2.75) is 11.8 Å². The lowest BCUT2D eigenvalue weighted by Crippen LogP contribution is -2.13. The van der Waals surface area contributed by atoms with Crippen LogP contribution in [0.4, 0.5) is 11.4 Å². The Hall–Kier alpha value is -2.57. The lowest BCUT2D eigenvalue weighted by Gasteiger charge is -2.07. The Kier molecular flexibility index (Phi) is 6.09. The number of thioether (sulfide) groups is 1. The molecular formula is C20H18N2O2S2. The van der Waals surface area contributed by atoms with Gasteiger partial charge < -0.3 is 10.6 Å². The monoisotopic (exact) mass is 382 g/mol. The first kappa shape index (κ1) is 18.2. The van der Waals surface area contributed by atoms with Crippen LogP contribution in [0.2, 0.25) is 0 Å². The van der Waals surface area contributed by atoms with Gasteiger partial charge in [-0.25, -0.2) is 0 Å². The minimum Gasteiger partial charge on any atom is -0.325 e. The van der Waals surface area contributed by atoms with E-state index in [2.05, 4.69) is 10.6 Å². The second-order valence-corrected chi connectivity index (χ2v) is 7.66. The van der Waals surface area contributed by atoms with E-state index in [-0.39, 0.29) is 11.8 Å². The zero-order chi connectivity index (χ0) is 18.4. The summed E-state index contributed by atoms with van der Waals surface area (Å²) in [5.41, 5.74) is 2.69. The van der Waals surface area contributed by atoms with Gasteiger partial charge in [-0.05, 0) is 54.8 Å². The Morgan fingerprint density at radius 2 is 1.58 bits per heavy atom. The van der Waals surface area contributed by atoms with Crippen molar-refractivity contribution in [3.8, 4) is 0 Å². The Morgan fingerprint density at radius 3 is 2.23 bits per heavy atom. The number of carbonyl (C=O) groups excluding carboxylic acids is 2. The van der Waals surface area contributed by atoms with Crippen LogP contribution < -0.4 is 10.6 Å². The van der Waals surface area contributed by atoms with Crippen LogP contribution in [0.25, 0.3) is 0 Å². The maximum absolute atomic E-state index is 12.0. The molecule has 0 unspecified atom stereocenters. The predicted molar refractivity (Wildman–Crippen MR) is 109 cm³/mol. The second-order valence-electron chi connectivity index (χ2n) is 5.66. The molecule has 1 heterocycles. The molecule has 1 aromatic heterocycles. The molecule has 2 amide bonds. The van der Waals surface area contributed by atoms with Crippen molar-refractivity contribution >= 4 is 46.3 Å². The quantitative estimate of drug-likeness (QED) is 0.587. The van der Waals surface area contributed by atoms with E-state index in [4.69, 9.17) is 0 Å². The Labute approximate surface area is 160 Å². The summed E-state index contributed by atoms with van der Waals surface area (Å²) in [5, 5.41) is 7.60. The van der Waals surface area contributed by atoms with E-state index in [0.29, 0.717) is 10.6 Å². The molecule has 0 radical (unpaired) electrons. The Bertz CT molecular complexity index is 873. The average molecular weight is 383 g/mol. The van der Waals surface area contributed by atoms with Crippen LogP contribution in [0.15, 0.2) is 70.9 Å². The third kappa shape index (κ3) is 5.21. The number of hydrogen-bond acceptors (Lipinski definition) is 4. The number of rotatable bonds is 6. The van der Waals surface area contributed by atoms with Gasteiger partial charge in [0.15, 0.2) is 0 Å². The van der Waals surface area contributed by atoms with Gasteiger partial charge in [0.25, 0.3) is 5.91 Å².